The molecule has 0 fully saturated rings. The van der Waals surface area contributed by atoms with E-state index in [0.29, 0.717) is 24.6 Å². The Bertz CT molecular complexity index is 826. The van der Waals surface area contributed by atoms with Gasteiger partial charge in [0.2, 0.25) is 0 Å². The molecule has 2 aromatic rings. The number of benzene rings is 2. The number of phenols is 1. The Labute approximate surface area is 145 Å². The highest BCUT2D eigenvalue weighted by Gasteiger charge is 2.37. The summed E-state index contributed by atoms with van der Waals surface area (Å²) >= 11 is 0. The molecule has 0 aromatic heterocycles. The Morgan fingerprint density at radius 1 is 0.923 bits per heavy atom. The van der Waals surface area contributed by atoms with E-state index in [4.69, 9.17) is 0 Å². The maximum atomic E-state index is 13.2. The summed E-state index contributed by atoms with van der Waals surface area (Å²) in [5.74, 6) is 0.0750. The molecule has 26 heavy (non-hydrogen) atoms. The van der Waals surface area contributed by atoms with E-state index in [1.165, 1.54) is 6.07 Å². The van der Waals surface area contributed by atoms with E-state index in [9.17, 15) is 31.4 Å². The Morgan fingerprint density at radius 3 is 2.31 bits per heavy atom. The molecule has 1 heterocycles. The van der Waals surface area contributed by atoms with Crippen molar-refractivity contribution in [2.75, 3.05) is 11.9 Å². The van der Waals surface area contributed by atoms with E-state index >= 15 is 0 Å². The monoisotopic (exact) mass is 375 g/mol. The first-order chi connectivity index (χ1) is 12.1. The third kappa shape index (κ3) is 3.73. The van der Waals surface area contributed by atoms with Gasteiger partial charge in [0.25, 0.3) is 0 Å². The molecule has 1 aliphatic heterocycles. The highest BCUT2D eigenvalue weighted by atomic mass is 19.4. The molecule has 0 aliphatic carbocycles. The summed E-state index contributed by atoms with van der Waals surface area (Å²) in [5.41, 5.74) is -0.700. The largest absolute Gasteiger partial charge is 0.508 e. The molecule has 0 unspecified atom stereocenters. The van der Waals surface area contributed by atoms with Crippen molar-refractivity contribution in [3.05, 3.63) is 58.1 Å². The van der Waals surface area contributed by atoms with E-state index < -0.39 is 23.5 Å². The van der Waals surface area contributed by atoms with Crippen LogP contribution in [0.3, 0.4) is 0 Å². The van der Waals surface area contributed by atoms with Crippen LogP contribution in [-0.4, -0.2) is 11.7 Å². The molecule has 0 amide bonds. The van der Waals surface area contributed by atoms with Gasteiger partial charge in [-0.05, 0) is 54.7 Å². The molecule has 0 spiro atoms. The number of fused-ring (bicyclic) bond motifs is 1. The van der Waals surface area contributed by atoms with E-state index in [1.807, 2.05) is 0 Å². The van der Waals surface area contributed by atoms with Crippen molar-refractivity contribution < 1.29 is 31.4 Å². The normalized spacial score (nSPS) is 14.2. The minimum Gasteiger partial charge on any atom is -0.508 e. The second-order valence-electron chi connectivity index (χ2n) is 6.19. The van der Waals surface area contributed by atoms with Crippen LogP contribution in [0.5, 0.6) is 5.75 Å². The molecule has 0 radical (unpaired) electrons. The van der Waals surface area contributed by atoms with Gasteiger partial charge in [0.15, 0.2) is 0 Å². The van der Waals surface area contributed by atoms with Gasteiger partial charge in [0.1, 0.15) is 5.75 Å². The van der Waals surface area contributed by atoms with Gasteiger partial charge in [-0.25, -0.2) is 0 Å². The first-order valence-electron chi connectivity index (χ1n) is 7.91. The maximum Gasteiger partial charge on any atom is 0.416 e. The first-order valence-corrected chi connectivity index (χ1v) is 7.91. The second-order valence-corrected chi connectivity index (χ2v) is 6.19. The van der Waals surface area contributed by atoms with Crippen molar-refractivity contribution in [2.45, 2.75) is 31.6 Å². The maximum absolute atomic E-state index is 13.2. The minimum absolute atomic E-state index is 0.0750. The zero-order valence-electron chi connectivity index (χ0n) is 13.4. The van der Waals surface area contributed by atoms with E-state index in [-0.39, 0.29) is 30.2 Å². The van der Waals surface area contributed by atoms with Gasteiger partial charge >= 0.3 is 12.4 Å². The Hall–Kier alpha value is -2.38. The van der Waals surface area contributed by atoms with Crippen molar-refractivity contribution in [3.63, 3.8) is 0 Å². The number of hydrogen-bond donors (Lipinski definition) is 2. The molecule has 0 saturated carbocycles. The smallest absolute Gasteiger partial charge is 0.416 e. The molecule has 2 nitrogen and oxygen atoms in total. The van der Waals surface area contributed by atoms with Gasteiger partial charge in [-0.2, -0.15) is 26.3 Å². The fourth-order valence-corrected chi connectivity index (χ4v) is 3.12. The standard InChI is InChI=1S/C18H15F6NO/c19-17(20,21)12-4-3-11(14(9-12)18(22,23)24)2-1-10-7-15-13(5-6-25-15)16(26)8-10/h3-4,7-9,25-26H,1-2,5-6H2. The van der Waals surface area contributed by atoms with E-state index in [2.05, 4.69) is 5.32 Å². The van der Waals surface area contributed by atoms with Gasteiger partial charge in [-0.1, -0.05) is 6.07 Å². The predicted molar refractivity (Wildman–Crippen MR) is 84.2 cm³/mol. The lowest BCUT2D eigenvalue weighted by molar-refractivity contribution is -0.143. The second kappa shape index (κ2) is 6.41. The van der Waals surface area contributed by atoms with Crippen molar-refractivity contribution in [2.24, 2.45) is 0 Å². The Balaban J connectivity index is 1.87. The molecule has 1 aliphatic rings. The van der Waals surface area contributed by atoms with Crippen LogP contribution in [0, 0.1) is 0 Å². The Kier molecular flexibility index (Phi) is 4.54. The summed E-state index contributed by atoms with van der Waals surface area (Å²) in [4.78, 5) is 0. The third-order valence-electron chi connectivity index (χ3n) is 4.40. The zero-order valence-corrected chi connectivity index (χ0v) is 13.4. The van der Waals surface area contributed by atoms with Crippen LogP contribution in [-0.2, 0) is 31.6 Å². The minimum atomic E-state index is -4.88. The number of alkyl halides is 6. The number of halogens is 6. The van der Waals surface area contributed by atoms with Gasteiger partial charge in [0.05, 0.1) is 11.1 Å². The average Bonchev–Trinajstić information content (AvgIpc) is 3.00. The third-order valence-corrected chi connectivity index (χ3v) is 4.40. The Morgan fingerprint density at radius 2 is 1.65 bits per heavy atom. The lowest BCUT2D eigenvalue weighted by atomic mass is 9.96. The van der Waals surface area contributed by atoms with Gasteiger partial charge in [-0.15, -0.1) is 0 Å². The molecule has 3 rings (SSSR count). The van der Waals surface area contributed by atoms with E-state index in [1.54, 1.807) is 6.07 Å². The molecular weight excluding hydrogens is 360 g/mol. The molecular formula is C18H15F6NO. The topological polar surface area (TPSA) is 32.3 Å². The summed E-state index contributed by atoms with van der Waals surface area (Å²) in [7, 11) is 0. The van der Waals surface area contributed by atoms with Crippen LogP contribution in [0.25, 0.3) is 0 Å². The van der Waals surface area contributed by atoms with Crippen LogP contribution >= 0.6 is 0 Å². The van der Waals surface area contributed by atoms with E-state index in [0.717, 1.165) is 17.3 Å². The number of anilines is 1. The average molecular weight is 375 g/mol. The predicted octanol–water partition coefficient (Wildman–Crippen LogP) is 5.18. The molecule has 8 heteroatoms. The van der Waals surface area contributed by atoms with Crippen LogP contribution in [0.4, 0.5) is 32.0 Å². The molecule has 0 atom stereocenters. The van der Waals surface area contributed by atoms with Gasteiger partial charge < -0.3 is 10.4 Å². The highest BCUT2D eigenvalue weighted by Crippen LogP contribution is 2.38. The lowest BCUT2D eigenvalue weighted by Crippen LogP contribution is -2.14. The number of aromatic hydroxyl groups is 1. The van der Waals surface area contributed by atoms with Crippen LogP contribution < -0.4 is 5.32 Å². The summed E-state index contributed by atoms with van der Waals surface area (Å²) in [6.07, 6.45) is -8.98. The zero-order chi connectivity index (χ0) is 19.1. The molecule has 2 aromatic carbocycles. The number of rotatable bonds is 3. The van der Waals surface area contributed by atoms with Crippen LogP contribution in [0.15, 0.2) is 30.3 Å². The van der Waals surface area contributed by atoms with Crippen molar-refractivity contribution in [1.82, 2.24) is 0 Å². The van der Waals surface area contributed by atoms with Gasteiger partial charge in [0, 0.05) is 17.8 Å². The SMILES string of the molecule is Oc1cc(CCc2ccc(C(F)(F)F)cc2C(F)(F)F)cc2c1CCN2. The number of aryl methyl sites for hydroxylation is 2. The number of hydrogen-bond acceptors (Lipinski definition) is 2. The van der Waals surface area contributed by atoms with Crippen LogP contribution in [0.2, 0.25) is 0 Å². The van der Waals surface area contributed by atoms with Crippen LogP contribution in [0.1, 0.15) is 27.8 Å². The fourth-order valence-electron chi connectivity index (χ4n) is 3.12. The summed E-state index contributed by atoms with van der Waals surface area (Å²) < 4.78 is 77.6. The summed E-state index contributed by atoms with van der Waals surface area (Å²) in [5, 5.41) is 13.0. The summed E-state index contributed by atoms with van der Waals surface area (Å²) in [6.45, 7) is 0.670. The molecule has 0 saturated heterocycles. The fraction of sp³-hybridized carbons (Fsp3) is 0.333. The lowest BCUT2D eigenvalue weighted by Gasteiger charge is -2.16. The quantitative estimate of drug-likeness (QED) is 0.725. The molecule has 140 valence electrons. The van der Waals surface area contributed by atoms with Crippen molar-refractivity contribution >= 4 is 5.69 Å². The van der Waals surface area contributed by atoms with Crippen molar-refractivity contribution in [3.8, 4) is 5.75 Å². The molecule has 2 N–H and O–H groups in total. The van der Waals surface area contributed by atoms with Gasteiger partial charge in [-0.3, -0.25) is 0 Å². The number of phenolic OH excluding ortho intramolecular Hbond substituents is 1. The van der Waals surface area contributed by atoms with Crippen molar-refractivity contribution in [1.29, 1.82) is 0 Å². The first kappa shape index (κ1) is 18.4. The number of nitrogens with one attached hydrogen (secondary N) is 1. The molecule has 0 bridgehead atoms. The summed E-state index contributed by atoms with van der Waals surface area (Å²) in [6, 6.07) is 4.92. The highest BCUT2D eigenvalue weighted by molar-refractivity contribution is 5.62.